The van der Waals surface area contributed by atoms with Crippen molar-refractivity contribution in [3.63, 3.8) is 0 Å². The summed E-state index contributed by atoms with van der Waals surface area (Å²) in [5, 5.41) is 43.6. The van der Waals surface area contributed by atoms with Crippen LogP contribution in [0.15, 0.2) is 97.1 Å². The van der Waals surface area contributed by atoms with Gasteiger partial charge in [-0.1, -0.05) is 0 Å². The van der Waals surface area contributed by atoms with Gasteiger partial charge >= 0.3 is 23.9 Å². The van der Waals surface area contributed by atoms with Crippen molar-refractivity contribution in [3.8, 4) is 23.0 Å². The molecule has 0 aromatic heterocycles. The summed E-state index contributed by atoms with van der Waals surface area (Å²) in [5.74, 6) is -2.90. The third kappa shape index (κ3) is 22.8. The molecule has 0 spiro atoms. The topological polar surface area (TPSA) is 352 Å². The van der Waals surface area contributed by atoms with Crippen LogP contribution in [0.25, 0.3) is 0 Å². The number of carbonyl (C=O) groups is 4. The summed E-state index contributed by atoms with van der Waals surface area (Å²) in [6.07, 6.45) is 0. The molecule has 4 rings (SSSR count). The maximum Gasteiger partial charge on any atom is 0.337 e. The van der Waals surface area contributed by atoms with E-state index >= 15 is 0 Å². The number of ether oxygens (including phenoxy) is 12. The molecule has 0 fully saturated rings. The van der Waals surface area contributed by atoms with E-state index in [-0.39, 0.29) is 125 Å². The van der Waals surface area contributed by atoms with Crippen LogP contribution in [0.5, 0.6) is 23.0 Å². The molecule has 392 valence electrons. The van der Waals surface area contributed by atoms with Crippen molar-refractivity contribution >= 4 is 46.6 Å². The molecule has 4 aromatic carbocycles. The van der Waals surface area contributed by atoms with Gasteiger partial charge < -0.3 is 56.8 Å². The van der Waals surface area contributed by atoms with Gasteiger partial charge in [-0.05, 0) is 48.5 Å². The van der Waals surface area contributed by atoms with Crippen LogP contribution in [-0.4, -0.2) is 149 Å². The van der Waals surface area contributed by atoms with E-state index in [1.54, 1.807) is 0 Å². The zero-order valence-electron chi connectivity index (χ0n) is 38.6. The second kappa shape index (κ2) is 31.4. The van der Waals surface area contributed by atoms with Crippen molar-refractivity contribution in [2.75, 3.05) is 106 Å². The molecule has 73 heavy (non-hydrogen) atoms. The first-order chi connectivity index (χ1) is 35.1. The van der Waals surface area contributed by atoms with E-state index in [9.17, 15) is 59.6 Å². The van der Waals surface area contributed by atoms with Gasteiger partial charge in [0.1, 0.15) is 49.4 Å². The van der Waals surface area contributed by atoms with E-state index in [4.69, 9.17) is 56.8 Å². The first kappa shape index (κ1) is 57.6. The standard InChI is InChI=1S/C45H48N4O24/c50-41(70-37-9-1-33(2-10-37)46(54)55)25-62-17-21-66-29-45(30-67-22-18-63-26-42(51)71-38-11-3-34(4-12-38)47(56)57,31-68-23-19-64-27-43(52)72-39-13-5-35(6-14-39)48(58)59)32-69-24-20-65-28-44(53)73-40-15-7-36(8-16-40)49(60)61/h1-16H,17-32H2. The molecule has 0 saturated carbocycles. The van der Waals surface area contributed by atoms with Crippen LogP contribution in [-0.2, 0) is 57.1 Å². The number of non-ortho nitro benzene ring substituents is 4. The Balaban J connectivity index is 1.32. The predicted molar refractivity (Wildman–Crippen MR) is 244 cm³/mol. The van der Waals surface area contributed by atoms with Crippen LogP contribution in [0.2, 0.25) is 0 Å². The number of rotatable bonds is 36. The molecule has 0 radical (unpaired) electrons. The number of nitrogens with zero attached hydrogens (tertiary/aromatic N) is 4. The minimum Gasteiger partial charge on any atom is -0.425 e. The van der Waals surface area contributed by atoms with E-state index in [0.717, 1.165) is 0 Å². The Hall–Kier alpha value is -7.96. The van der Waals surface area contributed by atoms with Crippen LogP contribution in [0.1, 0.15) is 0 Å². The van der Waals surface area contributed by atoms with Crippen LogP contribution in [0.4, 0.5) is 22.7 Å². The fourth-order valence-corrected chi connectivity index (χ4v) is 5.69. The van der Waals surface area contributed by atoms with Gasteiger partial charge in [0.2, 0.25) is 0 Å². The molecule has 0 amide bonds. The Morgan fingerprint density at radius 3 is 0.671 bits per heavy atom. The molecule has 28 nitrogen and oxygen atoms in total. The molecule has 0 saturated heterocycles. The van der Waals surface area contributed by atoms with Crippen molar-refractivity contribution in [1.82, 2.24) is 0 Å². The third-order valence-corrected chi connectivity index (χ3v) is 9.12. The van der Waals surface area contributed by atoms with E-state index < -0.39 is 75.4 Å². The molecule has 4 aromatic rings. The molecule has 0 aliphatic heterocycles. The number of carbonyl (C=O) groups excluding carboxylic acids is 4. The van der Waals surface area contributed by atoms with Gasteiger partial charge in [0.15, 0.2) is 0 Å². The fraction of sp³-hybridized carbons (Fsp3) is 0.378. The highest BCUT2D eigenvalue weighted by Gasteiger charge is 2.33. The summed E-state index contributed by atoms with van der Waals surface area (Å²) in [4.78, 5) is 90.5. The average molecular weight is 1030 g/mol. The fourth-order valence-electron chi connectivity index (χ4n) is 5.69. The number of esters is 4. The Bertz CT molecular complexity index is 2080. The van der Waals surface area contributed by atoms with Crippen molar-refractivity contribution in [2.24, 2.45) is 5.41 Å². The molecular weight excluding hydrogens is 980 g/mol. The van der Waals surface area contributed by atoms with Gasteiger partial charge in [0.25, 0.3) is 22.7 Å². The van der Waals surface area contributed by atoms with Gasteiger partial charge in [-0.3, -0.25) is 40.5 Å². The van der Waals surface area contributed by atoms with Crippen molar-refractivity contribution in [3.05, 3.63) is 138 Å². The first-order valence-corrected chi connectivity index (χ1v) is 21.5. The van der Waals surface area contributed by atoms with Crippen LogP contribution in [0.3, 0.4) is 0 Å². The first-order valence-electron chi connectivity index (χ1n) is 21.5. The molecule has 0 unspecified atom stereocenters. The van der Waals surface area contributed by atoms with Crippen LogP contribution < -0.4 is 18.9 Å². The quantitative estimate of drug-likeness (QED) is 0.0203. The zero-order chi connectivity index (χ0) is 52.9. The number of benzene rings is 4. The predicted octanol–water partition coefficient (Wildman–Crippen LogP) is 4.16. The largest absolute Gasteiger partial charge is 0.425 e. The Labute approximate surface area is 413 Å². The van der Waals surface area contributed by atoms with Gasteiger partial charge in [0.05, 0.1) is 104 Å². The normalized spacial score (nSPS) is 11.1. The summed E-state index contributed by atoms with van der Waals surface area (Å²) in [6, 6.07) is 19.4. The molecular formula is C45H48N4O24. The summed E-state index contributed by atoms with van der Waals surface area (Å²) in [6.45, 7) is -3.22. The Morgan fingerprint density at radius 2 is 0.493 bits per heavy atom. The lowest BCUT2D eigenvalue weighted by molar-refractivity contribution is -0.385. The van der Waals surface area contributed by atoms with Crippen molar-refractivity contribution < 1.29 is 95.7 Å². The second-order valence-corrected chi connectivity index (χ2v) is 14.8. The smallest absolute Gasteiger partial charge is 0.337 e. The Morgan fingerprint density at radius 1 is 0.315 bits per heavy atom. The number of nitro benzene ring substituents is 4. The molecule has 0 aliphatic carbocycles. The van der Waals surface area contributed by atoms with Gasteiger partial charge in [-0.2, -0.15) is 0 Å². The number of hydrogen-bond donors (Lipinski definition) is 0. The molecule has 0 N–H and O–H groups in total. The van der Waals surface area contributed by atoms with Gasteiger partial charge in [-0.25, -0.2) is 19.2 Å². The summed E-state index contributed by atoms with van der Waals surface area (Å²) in [5.41, 5.74) is -1.90. The Kier molecular flexibility index (Phi) is 24.8. The highest BCUT2D eigenvalue weighted by molar-refractivity contribution is 5.75. The summed E-state index contributed by atoms with van der Waals surface area (Å²) < 4.78 is 65.8. The summed E-state index contributed by atoms with van der Waals surface area (Å²) in [7, 11) is 0. The molecule has 0 aliphatic rings. The average Bonchev–Trinajstić information content (AvgIpc) is 3.36. The van der Waals surface area contributed by atoms with Crippen molar-refractivity contribution in [2.45, 2.75) is 0 Å². The lowest BCUT2D eigenvalue weighted by Gasteiger charge is -2.33. The van der Waals surface area contributed by atoms with Gasteiger partial charge in [0, 0.05) is 48.5 Å². The highest BCUT2D eigenvalue weighted by atomic mass is 16.6. The van der Waals surface area contributed by atoms with Crippen LogP contribution >= 0.6 is 0 Å². The van der Waals surface area contributed by atoms with Crippen molar-refractivity contribution in [1.29, 1.82) is 0 Å². The minimum absolute atomic E-state index is 0.0629. The summed E-state index contributed by atoms with van der Waals surface area (Å²) >= 11 is 0. The van der Waals surface area contributed by atoms with E-state index in [2.05, 4.69) is 0 Å². The number of hydrogen-bond acceptors (Lipinski definition) is 24. The SMILES string of the molecule is O=C(COCCOCC(COCCOCC(=O)Oc1ccc([N+](=O)[O-])cc1)(COCCOCC(=O)Oc1ccc([N+](=O)[O-])cc1)COCCOCC(=O)Oc1ccc([N+](=O)[O-])cc1)Oc1ccc([N+](=O)[O-])cc1. The number of nitro groups is 4. The monoisotopic (exact) mass is 1030 g/mol. The van der Waals surface area contributed by atoms with E-state index in [1.807, 2.05) is 0 Å². The maximum atomic E-state index is 12.3. The zero-order valence-corrected chi connectivity index (χ0v) is 38.6. The maximum absolute atomic E-state index is 12.3. The van der Waals surface area contributed by atoms with E-state index in [0.29, 0.717) is 0 Å². The second-order valence-electron chi connectivity index (χ2n) is 14.8. The molecule has 0 atom stereocenters. The van der Waals surface area contributed by atoms with E-state index in [1.165, 1.54) is 97.1 Å². The third-order valence-electron chi connectivity index (χ3n) is 9.12. The molecule has 28 heteroatoms. The lowest BCUT2D eigenvalue weighted by Crippen LogP contribution is -2.43. The molecule has 0 bridgehead atoms. The lowest BCUT2D eigenvalue weighted by atomic mass is 9.92. The molecule has 0 heterocycles. The highest BCUT2D eigenvalue weighted by Crippen LogP contribution is 2.23. The van der Waals surface area contributed by atoms with Gasteiger partial charge in [-0.15, -0.1) is 0 Å². The van der Waals surface area contributed by atoms with Crippen LogP contribution in [0, 0.1) is 45.9 Å². The minimum atomic E-state index is -1.13.